The molecule has 28 heavy (non-hydrogen) atoms. The quantitative estimate of drug-likeness (QED) is 0.280. The summed E-state index contributed by atoms with van der Waals surface area (Å²) in [4.78, 5) is 45.9. The number of ether oxygens (including phenoxy) is 8. The summed E-state index contributed by atoms with van der Waals surface area (Å²) < 4.78 is 37.8. The van der Waals surface area contributed by atoms with E-state index < -0.39 is 37.2 Å². The van der Waals surface area contributed by atoms with Gasteiger partial charge >= 0.3 is 24.6 Å². The van der Waals surface area contributed by atoms with Crippen LogP contribution in [0.15, 0.2) is 0 Å². The number of carbonyl (C=O) groups is 4. The van der Waals surface area contributed by atoms with E-state index in [9.17, 15) is 19.2 Å². The molecule has 0 rings (SSSR count). The molecule has 0 aromatic heterocycles. The first-order chi connectivity index (χ1) is 13.4. The minimum Gasteiger partial charge on any atom is -0.435 e. The maximum atomic E-state index is 11.5. The topological polar surface area (TPSA) is 142 Å². The van der Waals surface area contributed by atoms with Gasteiger partial charge in [-0.3, -0.25) is 0 Å². The number of hydrogen-bond donors (Lipinski definition) is 0. The van der Waals surface area contributed by atoms with Crippen LogP contribution in [0.1, 0.15) is 40.5 Å². The van der Waals surface area contributed by atoms with Crippen molar-refractivity contribution in [3.05, 3.63) is 0 Å². The highest BCUT2D eigenvalue weighted by molar-refractivity contribution is 5.63. The Bertz CT molecular complexity index is 408. The van der Waals surface area contributed by atoms with Crippen LogP contribution >= 0.6 is 0 Å². The predicted molar refractivity (Wildman–Crippen MR) is 89.2 cm³/mol. The second-order valence-corrected chi connectivity index (χ2v) is 4.64. The van der Waals surface area contributed by atoms with Crippen LogP contribution in [0, 0.1) is 0 Å². The molecule has 12 heteroatoms. The maximum absolute atomic E-state index is 11.5. The van der Waals surface area contributed by atoms with E-state index in [0.29, 0.717) is 0 Å². The van der Waals surface area contributed by atoms with Crippen LogP contribution < -0.4 is 0 Å². The molecule has 0 saturated heterocycles. The Morgan fingerprint density at radius 3 is 0.893 bits per heavy atom. The van der Waals surface area contributed by atoms with Crippen LogP contribution in [0.4, 0.5) is 19.2 Å². The normalized spacial score (nSPS) is 10.1. The molecule has 0 bridgehead atoms. The van der Waals surface area contributed by atoms with Crippen LogP contribution in [0.5, 0.6) is 0 Å². The predicted octanol–water partition coefficient (Wildman–Crippen LogP) is 3.11. The summed E-state index contributed by atoms with van der Waals surface area (Å²) in [7, 11) is 0. The molecular formula is C16H26O12. The summed E-state index contributed by atoms with van der Waals surface area (Å²) in [6, 6.07) is 0. The van der Waals surface area contributed by atoms with Crippen molar-refractivity contribution in [3.63, 3.8) is 0 Å². The van der Waals surface area contributed by atoms with Crippen LogP contribution in [0.25, 0.3) is 0 Å². The minimum absolute atomic E-state index is 0.0333. The molecule has 0 aliphatic heterocycles. The third-order valence-electron chi connectivity index (χ3n) is 2.60. The zero-order chi connectivity index (χ0) is 21.4. The van der Waals surface area contributed by atoms with Gasteiger partial charge in [-0.1, -0.05) is 0 Å². The molecule has 0 amide bonds. The highest BCUT2D eigenvalue weighted by atomic mass is 16.8. The zero-order valence-corrected chi connectivity index (χ0v) is 16.3. The molecule has 0 aliphatic rings. The molecule has 0 spiro atoms. The maximum Gasteiger partial charge on any atom is 0.511 e. The van der Waals surface area contributed by atoms with E-state index in [1.807, 2.05) is 0 Å². The molecule has 0 atom stereocenters. The van der Waals surface area contributed by atoms with E-state index in [-0.39, 0.29) is 39.3 Å². The van der Waals surface area contributed by atoms with Crippen LogP contribution in [-0.4, -0.2) is 63.6 Å². The third kappa shape index (κ3) is 12.4. The van der Waals surface area contributed by atoms with Crippen molar-refractivity contribution in [1.29, 1.82) is 0 Å². The van der Waals surface area contributed by atoms with Gasteiger partial charge in [0.25, 0.3) is 12.6 Å². The Morgan fingerprint density at radius 2 is 0.714 bits per heavy atom. The molecule has 162 valence electrons. The summed E-state index contributed by atoms with van der Waals surface area (Å²) in [6.45, 7) is 6.35. The lowest BCUT2D eigenvalue weighted by Gasteiger charge is -2.21. The molecule has 0 radical (unpaired) electrons. The Hall–Kier alpha value is -2.92. The molecule has 0 heterocycles. The van der Waals surface area contributed by atoms with Gasteiger partial charge in [0.2, 0.25) is 0 Å². The lowest BCUT2D eigenvalue weighted by molar-refractivity contribution is -0.136. The SMILES string of the molecule is CCOC(=O)OC(CCC(OC(=O)OCC)OC(=O)OCC)OC(=O)OCC. The molecule has 0 saturated carbocycles. The second kappa shape index (κ2) is 15.2. The number of hydrogen-bond acceptors (Lipinski definition) is 12. The molecule has 0 aromatic carbocycles. The van der Waals surface area contributed by atoms with Crippen molar-refractivity contribution in [1.82, 2.24) is 0 Å². The van der Waals surface area contributed by atoms with E-state index >= 15 is 0 Å². The molecule has 0 aliphatic carbocycles. The largest absolute Gasteiger partial charge is 0.511 e. The molecular weight excluding hydrogens is 384 g/mol. The Morgan fingerprint density at radius 1 is 0.500 bits per heavy atom. The lowest BCUT2D eigenvalue weighted by Crippen LogP contribution is -2.30. The molecule has 0 unspecified atom stereocenters. The van der Waals surface area contributed by atoms with Gasteiger partial charge in [-0.05, 0) is 27.7 Å². The molecule has 0 N–H and O–H groups in total. The summed E-state index contributed by atoms with van der Waals surface area (Å²) in [5.74, 6) is 0. The van der Waals surface area contributed by atoms with Gasteiger partial charge in [0.15, 0.2) is 0 Å². The van der Waals surface area contributed by atoms with Crippen molar-refractivity contribution < 1.29 is 57.1 Å². The van der Waals surface area contributed by atoms with E-state index in [1.165, 1.54) is 0 Å². The fourth-order valence-corrected chi connectivity index (χ4v) is 1.59. The zero-order valence-electron chi connectivity index (χ0n) is 16.3. The fraction of sp³-hybridized carbons (Fsp3) is 0.750. The van der Waals surface area contributed by atoms with Crippen molar-refractivity contribution in [3.8, 4) is 0 Å². The second-order valence-electron chi connectivity index (χ2n) is 4.64. The van der Waals surface area contributed by atoms with E-state index in [2.05, 4.69) is 18.9 Å². The third-order valence-corrected chi connectivity index (χ3v) is 2.60. The van der Waals surface area contributed by atoms with Crippen molar-refractivity contribution in [2.45, 2.75) is 53.1 Å². The smallest absolute Gasteiger partial charge is 0.435 e. The average Bonchev–Trinajstić information content (AvgIpc) is 2.60. The Kier molecular flexibility index (Phi) is 13.6. The summed E-state index contributed by atoms with van der Waals surface area (Å²) in [5, 5.41) is 0. The van der Waals surface area contributed by atoms with Crippen molar-refractivity contribution in [2.24, 2.45) is 0 Å². The van der Waals surface area contributed by atoms with Gasteiger partial charge < -0.3 is 37.9 Å². The van der Waals surface area contributed by atoms with Gasteiger partial charge in [-0.25, -0.2) is 19.2 Å². The van der Waals surface area contributed by atoms with E-state index in [1.54, 1.807) is 27.7 Å². The number of rotatable bonds is 11. The Balaban J connectivity index is 4.95. The van der Waals surface area contributed by atoms with Gasteiger partial charge in [-0.2, -0.15) is 0 Å². The van der Waals surface area contributed by atoms with E-state index in [4.69, 9.17) is 18.9 Å². The lowest BCUT2D eigenvalue weighted by atomic mass is 10.3. The minimum atomic E-state index is -1.45. The molecule has 12 nitrogen and oxygen atoms in total. The highest BCUT2D eigenvalue weighted by Gasteiger charge is 2.27. The van der Waals surface area contributed by atoms with Crippen LogP contribution in [-0.2, 0) is 37.9 Å². The van der Waals surface area contributed by atoms with E-state index in [0.717, 1.165) is 0 Å². The Labute approximate surface area is 162 Å². The molecule has 0 aromatic rings. The monoisotopic (exact) mass is 410 g/mol. The summed E-state index contributed by atoms with van der Waals surface area (Å²) in [6.07, 6.45) is -7.70. The van der Waals surface area contributed by atoms with Crippen molar-refractivity contribution in [2.75, 3.05) is 26.4 Å². The van der Waals surface area contributed by atoms with Crippen LogP contribution in [0.3, 0.4) is 0 Å². The first kappa shape index (κ1) is 25.1. The van der Waals surface area contributed by atoms with Gasteiger partial charge in [0.05, 0.1) is 26.4 Å². The summed E-state index contributed by atoms with van der Waals surface area (Å²) >= 11 is 0. The van der Waals surface area contributed by atoms with Crippen LogP contribution in [0.2, 0.25) is 0 Å². The van der Waals surface area contributed by atoms with Gasteiger partial charge in [-0.15, -0.1) is 0 Å². The van der Waals surface area contributed by atoms with Gasteiger partial charge in [0, 0.05) is 12.8 Å². The number of carbonyl (C=O) groups excluding carboxylic acids is 4. The first-order valence-electron chi connectivity index (χ1n) is 8.69. The highest BCUT2D eigenvalue weighted by Crippen LogP contribution is 2.14. The average molecular weight is 410 g/mol. The standard InChI is InChI=1S/C16H26O12/c1-5-21-13(17)25-11(26-14(18)22-6-2)9-10-12(27-15(19)23-7-3)28-16(20)24-8-4/h11-12H,5-10H2,1-4H3. The van der Waals surface area contributed by atoms with Crippen molar-refractivity contribution >= 4 is 24.6 Å². The summed E-state index contributed by atoms with van der Waals surface area (Å²) in [5.41, 5.74) is 0. The van der Waals surface area contributed by atoms with Gasteiger partial charge in [0.1, 0.15) is 0 Å². The fourth-order valence-electron chi connectivity index (χ4n) is 1.59. The first-order valence-corrected chi connectivity index (χ1v) is 8.69. The molecule has 0 fully saturated rings.